The summed E-state index contributed by atoms with van der Waals surface area (Å²) in [7, 11) is -1.52. The lowest BCUT2D eigenvalue weighted by Gasteiger charge is -2.12. The summed E-state index contributed by atoms with van der Waals surface area (Å²) in [5.74, 6) is 0.361. The van der Waals surface area contributed by atoms with E-state index in [0.717, 1.165) is 0 Å². The third-order valence-electron chi connectivity index (χ3n) is 2.48. The molecule has 0 spiro atoms. The van der Waals surface area contributed by atoms with Crippen molar-refractivity contribution < 1.29 is 13.2 Å². The Balaban J connectivity index is 2.11. The summed E-state index contributed by atoms with van der Waals surface area (Å²) in [6, 6.07) is 0.558. The van der Waals surface area contributed by atoms with Gasteiger partial charge in [0, 0.05) is 32.8 Å². The summed E-state index contributed by atoms with van der Waals surface area (Å²) in [5.41, 5.74) is 0. The van der Waals surface area contributed by atoms with Crippen molar-refractivity contribution in [3.05, 3.63) is 0 Å². The maximum Gasteiger partial charge on any atom is 0.212 e. The highest BCUT2D eigenvalue weighted by Gasteiger charge is 2.21. The highest BCUT2D eigenvalue weighted by molar-refractivity contribution is 7.89. The number of nitrogens with one attached hydrogen (secondary N) is 2. The van der Waals surface area contributed by atoms with Crippen LogP contribution in [0.3, 0.4) is 0 Å². The van der Waals surface area contributed by atoms with E-state index < -0.39 is 10.0 Å². The van der Waals surface area contributed by atoms with Gasteiger partial charge in [-0.05, 0) is 18.8 Å². The first-order valence-corrected chi connectivity index (χ1v) is 7.38. The predicted molar refractivity (Wildman–Crippen MR) is 63.9 cm³/mol. The van der Waals surface area contributed by atoms with Gasteiger partial charge in [0.1, 0.15) is 0 Å². The molecule has 1 fully saturated rings. The van der Waals surface area contributed by atoms with Crippen LogP contribution in [0, 0.1) is 5.92 Å². The van der Waals surface area contributed by atoms with Crippen molar-refractivity contribution in [2.75, 3.05) is 32.6 Å². The van der Waals surface area contributed by atoms with E-state index in [1.54, 1.807) is 7.11 Å². The lowest BCUT2D eigenvalue weighted by atomic mass is 10.2. The topological polar surface area (TPSA) is 67.4 Å². The molecule has 0 aromatic carbocycles. The quantitative estimate of drug-likeness (QED) is 0.601. The maximum absolute atomic E-state index is 11.5. The molecule has 1 aliphatic carbocycles. The zero-order valence-corrected chi connectivity index (χ0v) is 10.8. The summed E-state index contributed by atoms with van der Waals surface area (Å²) in [6.07, 6.45) is 2.36. The molecule has 1 atom stereocenters. The summed E-state index contributed by atoms with van der Waals surface area (Å²) in [6.45, 7) is 3.51. The second kappa shape index (κ2) is 6.54. The van der Waals surface area contributed by atoms with E-state index in [0.29, 0.717) is 25.7 Å². The number of hydrogen-bond acceptors (Lipinski definition) is 4. The van der Waals surface area contributed by atoms with E-state index in [1.165, 1.54) is 12.8 Å². The lowest BCUT2D eigenvalue weighted by Crippen LogP contribution is -2.35. The van der Waals surface area contributed by atoms with E-state index in [4.69, 9.17) is 4.74 Å². The highest BCUT2D eigenvalue weighted by Crippen LogP contribution is 2.17. The van der Waals surface area contributed by atoms with Crippen LogP contribution in [0.15, 0.2) is 0 Å². The second-order valence-electron chi connectivity index (χ2n) is 4.46. The molecule has 1 aliphatic rings. The Morgan fingerprint density at radius 3 is 2.69 bits per heavy atom. The molecule has 0 aliphatic heterocycles. The lowest BCUT2D eigenvalue weighted by molar-refractivity contribution is 0.161. The minimum Gasteiger partial charge on any atom is -0.384 e. The molecule has 6 heteroatoms. The van der Waals surface area contributed by atoms with Crippen molar-refractivity contribution in [3.8, 4) is 0 Å². The van der Waals surface area contributed by atoms with Gasteiger partial charge >= 0.3 is 0 Å². The average molecular weight is 250 g/mol. The van der Waals surface area contributed by atoms with Crippen molar-refractivity contribution in [2.24, 2.45) is 5.92 Å². The Hall–Kier alpha value is -0.170. The number of hydrogen-bond donors (Lipinski definition) is 2. The van der Waals surface area contributed by atoms with Crippen LogP contribution >= 0.6 is 0 Å². The number of ether oxygens (including phenoxy) is 1. The normalized spacial score (nSPS) is 18.6. The molecule has 5 nitrogen and oxygen atoms in total. The van der Waals surface area contributed by atoms with Gasteiger partial charge in [-0.3, -0.25) is 0 Å². The van der Waals surface area contributed by atoms with Crippen LogP contribution in [-0.4, -0.2) is 47.0 Å². The molecule has 2 N–H and O–H groups in total. The van der Waals surface area contributed by atoms with Gasteiger partial charge in [0.05, 0.1) is 5.75 Å². The Labute approximate surface area is 98.0 Å². The molecule has 16 heavy (non-hydrogen) atoms. The standard InChI is InChI=1S/C10H22N2O3S/c1-9(8-15-2)7-12-16(13,14)6-5-11-10-3-4-10/h9-12H,3-8H2,1-2H3. The maximum atomic E-state index is 11.5. The monoisotopic (exact) mass is 250 g/mol. The minimum absolute atomic E-state index is 0.156. The third-order valence-corrected chi connectivity index (χ3v) is 3.83. The predicted octanol–water partition coefficient (Wildman–Crippen LogP) is -0.0597. The summed E-state index contributed by atoms with van der Waals surface area (Å²) in [5, 5.41) is 3.18. The fraction of sp³-hybridized carbons (Fsp3) is 1.00. The van der Waals surface area contributed by atoms with Crippen LogP contribution in [0.1, 0.15) is 19.8 Å². The summed E-state index contributed by atoms with van der Waals surface area (Å²) >= 11 is 0. The van der Waals surface area contributed by atoms with Gasteiger partial charge < -0.3 is 10.1 Å². The van der Waals surface area contributed by atoms with Crippen molar-refractivity contribution in [1.29, 1.82) is 0 Å². The Morgan fingerprint density at radius 2 is 2.12 bits per heavy atom. The molecule has 0 aromatic heterocycles. The van der Waals surface area contributed by atoms with E-state index in [1.807, 2.05) is 6.92 Å². The average Bonchev–Trinajstić information content (AvgIpc) is 2.99. The second-order valence-corrected chi connectivity index (χ2v) is 6.38. The number of methoxy groups -OCH3 is 1. The van der Waals surface area contributed by atoms with Crippen LogP contribution in [0.4, 0.5) is 0 Å². The van der Waals surface area contributed by atoms with Gasteiger partial charge in [0.25, 0.3) is 0 Å². The van der Waals surface area contributed by atoms with Gasteiger partial charge in [0.15, 0.2) is 0 Å². The number of sulfonamides is 1. The smallest absolute Gasteiger partial charge is 0.212 e. The molecule has 96 valence electrons. The number of rotatable bonds is 9. The fourth-order valence-electron chi connectivity index (χ4n) is 1.37. The molecule has 0 amide bonds. The van der Waals surface area contributed by atoms with Gasteiger partial charge in [-0.25, -0.2) is 13.1 Å². The highest BCUT2D eigenvalue weighted by atomic mass is 32.2. The van der Waals surface area contributed by atoms with Crippen molar-refractivity contribution in [2.45, 2.75) is 25.8 Å². The first kappa shape index (κ1) is 13.9. The molecule has 0 bridgehead atoms. The molecule has 1 unspecified atom stereocenters. The van der Waals surface area contributed by atoms with Gasteiger partial charge in [-0.1, -0.05) is 6.92 Å². The third kappa shape index (κ3) is 6.42. The van der Waals surface area contributed by atoms with Gasteiger partial charge in [0.2, 0.25) is 10.0 Å². The van der Waals surface area contributed by atoms with Crippen LogP contribution in [0.25, 0.3) is 0 Å². The molecular weight excluding hydrogens is 228 g/mol. The molecule has 0 radical (unpaired) electrons. The van der Waals surface area contributed by atoms with E-state index in [9.17, 15) is 8.42 Å². The van der Waals surface area contributed by atoms with Crippen molar-refractivity contribution in [3.63, 3.8) is 0 Å². The molecule has 1 saturated carbocycles. The van der Waals surface area contributed by atoms with Gasteiger partial charge in [-0.2, -0.15) is 0 Å². The van der Waals surface area contributed by atoms with Crippen LogP contribution in [0.5, 0.6) is 0 Å². The van der Waals surface area contributed by atoms with Crippen LogP contribution in [0.2, 0.25) is 0 Å². The van der Waals surface area contributed by atoms with Gasteiger partial charge in [-0.15, -0.1) is 0 Å². The van der Waals surface area contributed by atoms with E-state index in [-0.39, 0.29) is 11.7 Å². The van der Waals surface area contributed by atoms with E-state index in [2.05, 4.69) is 10.0 Å². The van der Waals surface area contributed by atoms with E-state index >= 15 is 0 Å². The molecule has 1 rings (SSSR count). The van der Waals surface area contributed by atoms with Crippen molar-refractivity contribution >= 4 is 10.0 Å². The molecule has 0 aromatic rings. The Kier molecular flexibility index (Phi) is 5.68. The molecule has 0 saturated heterocycles. The summed E-state index contributed by atoms with van der Waals surface area (Å²) in [4.78, 5) is 0. The zero-order chi connectivity index (χ0) is 12.0. The SMILES string of the molecule is COCC(C)CNS(=O)(=O)CCNC1CC1. The zero-order valence-electron chi connectivity index (χ0n) is 10.0. The Morgan fingerprint density at radius 1 is 1.44 bits per heavy atom. The first-order valence-electron chi connectivity index (χ1n) is 5.73. The Bertz CT molecular complexity index is 288. The molecule has 0 heterocycles. The first-order chi connectivity index (χ1) is 7.53. The minimum atomic E-state index is -3.13. The van der Waals surface area contributed by atoms with Crippen LogP contribution in [-0.2, 0) is 14.8 Å². The largest absolute Gasteiger partial charge is 0.384 e. The molecular formula is C10H22N2O3S. The fourth-order valence-corrected chi connectivity index (χ4v) is 2.44. The summed E-state index contributed by atoms with van der Waals surface area (Å²) < 4.78 is 30.6. The van der Waals surface area contributed by atoms with Crippen molar-refractivity contribution in [1.82, 2.24) is 10.0 Å². The van der Waals surface area contributed by atoms with Crippen LogP contribution < -0.4 is 10.0 Å².